The van der Waals surface area contributed by atoms with Crippen LogP contribution in [0.3, 0.4) is 0 Å². The molecule has 7 nitrogen and oxygen atoms in total. The van der Waals surface area contributed by atoms with E-state index in [0.29, 0.717) is 10.0 Å². The van der Waals surface area contributed by atoms with Crippen LogP contribution in [0, 0.1) is 0 Å². The van der Waals surface area contributed by atoms with Crippen LogP contribution in [-0.2, 0) is 10.0 Å². The highest BCUT2D eigenvalue weighted by Gasteiger charge is 2.18. The van der Waals surface area contributed by atoms with E-state index >= 15 is 0 Å². The van der Waals surface area contributed by atoms with Gasteiger partial charge in [-0.15, -0.1) is 0 Å². The number of rotatable bonds is 6. The molecular formula is C18H12Cl2N2O5S. The van der Waals surface area contributed by atoms with E-state index in [1.165, 1.54) is 54.9 Å². The summed E-state index contributed by atoms with van der Waals surface area (Å²) in [5.74, 6) is -1.05. The zero-order valence-electron chi connectivity index (χ0n) is 14.0. The Kier molecular flexibility index (Phi) is 5.73. The molecule has 0 amide bonds. The van der Waals surface area contributed by atoms with Crippen molar-refractivity contribution in [3.8, 4) is 11.5 Å². The fourth-order valence-corrected chi connectivity index (χ4v) is 3.59. The van der Waals surface area contributed by atoms with Crippen molar-refractivity contribution >= 4 is 44.9 Å². The first kappa shape index (κ1) is 19.9. The Hall–Kier alpha value is -2.81. The summed E-state index contributed by atoms with van der Waals surface area (Å²) in [4.78, 5) is 15.4. The summed E-state index contributed by atoms with van der Waals surface area (Å²) in [6, 6.07) is 10.9. The number of benzene rings is 2. The molecule has 1 aromatic heterocycles. The molecule has 3 rings (SSSR count). The number of hydrogen-bond acceptors (Lipinski definition) is 5. The van der Waals surface area contributed by atoms with Gasteiger partial charge in [0.25, 0.3) is 10.0 Å². The number of carboxylic acids is 1. The number of anilines is 1. The van der Waals surface area contributed by atoms with Gasteiger partial charge in [0.15, 0.2) is 0 Å². The van der Waals surface area contributed by atoms with Crippen LogP contribution in [-0.4, -0.2) is 24.5 Å². The summed E-state index contributed by atoms with van der Waals surface area (Å²) in [7, 11) is -3.92. The zero-order chi connectivity index (χ0) is 20.3. The lowest BCUT2D eigenvalue weighted by molar-refractivity contribution is 0.0694. The number of hydrogen-bond donors (Lipinski definition) is 2. The highest BCUT2D eigenvalue weighted by atomic mass is 35.5. The molecule has 3 aromatic rings. The molecule has 0 saturated carbocycles. The number of ether oxygens (including phenoxy) is 1. The van der Waals surface area contributed by atoms with Gasteiger partial charge in [0.05, 0.1) is 16.1 Å². The van der Waals surface area contributed by atoms with Crippen molar-refractivity contribution in [1.29, 1.82) is 0 Å². The molecule has 2 N–H and O–H groups in total. The van der Waals surface area contributed by atoms with E-state index in [0.717, 1.165) is 6.07 Å². The number of carbonyl (C=O) groups is 1. The molecule has 0 atom stereocenters. The molecule has 0 aliphatic carbocycles. The van der Waals surface area contributed by atoms with Gasteiger partial charge in [0, 0.05) is 23.0 Å². The number of nitrogens with one attached hydrogen (secondary N) is 1. The molecule has 0 spiro atoms. The van der Waals surface area contributed by atoms with Gasteiger partial charge in [-0.05, 0) is 42.5 Å². The summed E-state index contributed by atoms with van der Waals surface area (Å²) in [6.45, 7) is 0. The lowest BCUT2D eigenvalue weighted by Crippen LogP contribution is -2.13. The molecule has 1 heterocycles. The second-order valence-corrected chi connectivity index (χ2v) is 8.07. The predicted molar refractivity (Wildman–Crippen MR) is 105 cm³/mol. The van der Waals surface area contributed by atoms with Gasteiger partial charge in [0.1, 0.15) is 17.1 Å². The van der Waals surface area contributed by atoms with Crippen LogP contribution < -0.4 is 9.46 Å². The normalized spacial score (nSPS) is 11.1. The molecule has 2 aromatic carbocycles. The molecule has 0 aliphatic rings. The number of halogens is 2. The Labute approximate surface area is 170 Å². The van der Waals surface area contributed by atoms with Crippen molar-refractivity contribution in [3.05, 3.63) is 76.5 Å². The molecule has 28 heavy (non-hydrogen) atoms. The molecular weight excluding hydrogens is 427 g/mol. The van der Waals surface area contributed by atoms with Crippen LogP contribution in [0.5, 0.6) is 11.5 Å². The number of aromatic carboxylic acids is 1. The first-order valence-corrected chi connectivity index (χ1v) is 9.93. The van der Waals surface area contributed by atoms with Gasteiger partial charge in [-0.25, -0.2) is 13.2 Å². The molecule has 0 unspecified atom stereocenters. The Balaban J connectivity index is 1.90. The van der Waals surface area contributed by atoms with E-state index in [1.807, 2.05) is 0 Å². The van der Waals surface area contributed by atoms with Crippen LogP contribution in [0.2, 0.25) is 10.0 Å². The predicted octanol–water partition coefficient (Wildman–Crippen LogP) is 4.68. The molecule has 144 valence electrons. The first-order valence-electron chi connectivity index (χ1n) is 7.69. The average Bonchev–Trinajstić information content (AvgIpc) is 2.63. The minimum absolute atomic E-state index is 0.00556. The second-order valence-electron chi connectivity index (χ2n) is 5.52. The van der Waals surface area contributed by atoms with E-state index in [1.54, 1.807) is 0 Å². The SMILES string of the molecule is O=C(O)c1cc(NS(=O)(=O)c2ccc(Cl)cc2)ccc1Oc1cncc(Cl)c1. The fourth-order valence-electron chi connectivity index (χ4n) is 2.25. The molecule has 0 radical (unpaired) electrons. The highest BCUT2D eigenvalue weighted by molar-refractivity contribution is 7.92. The summed E-state index contributed by atoms with van der Waals surface area (Å²) >= 11 is 11.6. The van der Waals surface area contributed by atoms with Crippen LogP contribution in [0.4, 0.5) is 5.69 Å². The van der Waals surface area contributed by atoms with Crippen LogP contribution in [0.1, 0.15) is 10.4 Å². The summed E-state index contributed by atoms with van der Waals surface area (Å²) in [6.07, 6.45) is 2.77. The van der Waals surface area contributed by atoms with Crippen molar-refractivity contribution in [1.82, 2.24) is 4.98 Å². The number of nitrogens with zero attached hydrogens (tertiary/aromatic N) is 1. The third-order valence-electron chi connectivity index (χ3n) is 3.49. The van der Waals surface area contributed by atoms with Gasteiger partial charge >= 0.3 is 5.97 Å². The quantitative estimate of drug-likeness (QED) is 0.578. The second kappa shape index (κ2) is 8.05. The summed E-state index contributed by atoms with van der Waals surface area (Å²) in [5, 5.41) is 10.2. The summed E-state index contributed by atoms with van der Waals surface area (Å²) in [5.41, 5.74) is -0.180. The zero-order valence-corrected chi connectivity index (χ0v) is 16.3. The molecule has 0 fully saturated rings. The van der Waals surface area contributed by atoms with Crippen LogP contribution >= 0.6 is 23.2 Å². The van der Waals surface area contributed by atoms with E-state index in [-0.39, 0.29) is 27.6 Å². The van der Waals surface area contributed by atoms with Crippen molar-refractivity contribution < 1.29 is 23.1 Å². The van der Waals surface area contributed by atoms with Gasteiger partial charge in [-0.1, -0.05) is 23.2 Å². The molecule has 10 heteroatoms. The Morgan fingerprint density at radius 1 is 1.00 bits per heavy atom. The smallest absolute Gasteiger partial charge is 0.339 e. The van der Waals surface area contributed by atoms with Crippen molar-refractivity contribution in [2.45, 2.75) is 4.90 Å². The average molecular weight is 439 g/mol. The Morgan fingerprint density at radius 2 is 1.71 bits per heavy atom. The largest absolute Gasteiger partial charge is 0.478 e. The van der Waals surface area contributed by atoms with Gasteiger partial charge in [0.2, 0.25) is 0 Å². The lowest BCUT2D eigenvalue weighted by atomic mass is 10.2. The van der Waals surface area contributed by atoms with Gasteiger partial charge < -0.3 is 9.84 Å². The Bertz CT molecular complexity index is 1130. The number of sulfonamides is 1. The van der Waals surface area contributed by atoms with E-state index < -0.39 is 16.0 Å². The molecule has 0 bridgehead atoms. The minimum Gasteiger partial charge on any atom is -0.478 e. The number of carboxylic acid groups (broad SMARTS) is 1. The molecule has 0 aliphatic heterocycles. The minimum atomic E-state index is -3.92. The highest BCUT2D eigenvalue weighted by Crippen LogP contribution is 2.30. The van der Waals surface area contributed by atoms with E-state index in [4.69, 9.17) is 27.9 Å². The summed E-state index contributed by atoms with van der Waals surface area (Å²) < 4.78 is 32.7. The standard InChI is InChI=1S/C18H12Cl2N2O5S/c19-11-1-4-15(5-2-11)28(25,26)22-13-3-6-17(16(8-13)18(23)24)27-14-7-12(20)9-21-10-14/h1-10,22H,(H,23,24). The fraction of sp³-hybridized carbons (Fsp3) is 0. The van der Waals surface area contributed by atoms with Crippen molar-refractivity contribution in [2.75, 3.05) is 4.72 Å². The topological polar surface area (TPSA) is 106 Å². The monoisotopic (exact) mass is 438 g/mol. The van der Waals surface area contributed by atoms with Crippen molar-refractivity contribution in [3.63, 3.8) is 0 Å². The third kappa shape index (κ3) is 4.72. The van der Waals surface area contributed by atoms with Crippen LogP contribution in [0.25, 0.3) is 0 Å². The van der Waals surface area contributed by atoms with E-state index in [9.17, 15) is 18.3 Å². The van der Waals surface area contributed by atoms with Crippen molar-refractivity contribution in [2.24, 2.45) is 0 Å². The maximum absolute atomic E-state index is 12.5. The maximum atomic E-state index is 12.5. The van der Waals surface area contributed by atoms with E-state index in [2.05, 4.69) is 9.71 Å². The van der Waals surface area contributed by atoms with Gasteiger partial charge in [-0.3, -0.25) is 9.71 Å². The third-order valence-corrected chi connectivity index (χ3v) is 5.35. The van der Waals surface area contributed by atoms with Crippen LogP contribution in [0.15, 0.2) is 65.8 Å². The lowest BCUT2D eigenvalue weighted by Gasteiger charge is -2.12. The van der Waals surface area contributed by atoms with Gasteiger partial charge in [-0.2, -0.15) is 0 Å². The maximum Gasteiger partial charge on any atom is 0.339 e. The molecule has 0 saturated heterocycles. The first-order chi connectivity index (χ1) is 13.2. The Morgan fingerprint density at radius 3 is 2.36 bits per heavy atom. The number of pyridine rings is 1. The number of aromatic nitrogens is 1.